The highest BCUT2D eigenvalue weighted by molar-refractivity contribution is 6.29. The van der Waals surface area contributed by atoms with E-state index in [0.717, 1.165) is 30.9 Å². The molecule has 1 aromatic rings. The van der Waals surface area contributed by atoms with Crippen LogP contribution in [-0.2, 0) is 4.79 Å². The van der Waals surface area contributed by atoms with Crippen LogP contribution in [0.15, 0.2) is 12.1 Å². The fourth-order valence-corrected chi connectivity index (χ4v) is 2.36. The molecule has 1 fully saturated rings. The summed E-state index contributed by atoms with van der Waals surface area (Å²) in [6.45, 7) is 3.95. The zero-order valence-electron chi connectivity index (χ0n) is 10.5. The summed E-state index contributed by atoms with van der Waals surface area (Å²) in [5.74, 6) is 0.689. The molecule has 1 saturated heterocycles. The van der Waals surface area contributed by atoms with Crippen LogP contribution in [0.25, 0.3) is 0 Å². The molecule has 1 atom stereocenters. The van der Waals surface area contributed by atoms with Crippen LogP contribution in [0.1, 0.15) is 25.0 Å². The van der Waals surface area contributed by atoms with Crippen molar-refractivity contribution in [3.8, 4) is 0 Å². The van der Waals surface area contributed by atoms with Crippen LogP contribution in [0.4, 0.5) is 5.69 Å². The number of carbonyl (C=O) groups is 1. The highest BCUT2D eigenvalue weighted by Crippen LogP contribution is 2.18. The lowest BCUT2D eigenvalue weighted by Crippen LogP contribution is -2.15. The number of rotatable bonds is 4. The predicted octanol–water partition coefficient (Wildman–Crippen LogP) is 2.37. The number of carbonyl (C=O) groups excluding carboxylic acids is 1. The van der Waals surface area contributed by atoms with Crippen molar-refractivity contribution in [1.82, 2.24) is 10.3 Å². The van der Waals surface area contributed by atoms with E-state index in [2.05, 4.69) is 15.6 Å². The minimum absolute atomic E-state index is 0.0501. The summed E-state index contributed by atoms with van der Waals surface area (Å²) in [4.78, 5) is 15.9. The van der Waals surface area contributed by atoms with E-state index < -0.39 is 0 Å². The van der Waals surface area contributed by atoms with Gasteiger partial charge in [-0.2, -0.15) is 0 Å². The molecule has 1 aromatic heterocycles. The summed E-state index contributed by atoms with van der Waals surface area (Å²) in [5.41, 5.74) is 1.49. The molecule has 98 valence electrons. The lowest BCUT2D eigenvalue weighted by molar-refractivity contribution is -0.116. The first-order valence-electron chi connectivity index (χ1n) is 6.29. The molecule has 1 unspecified atom stereocenters. The molecule has 0 aromatic carbocycles. The first-order valence-corrected chi connectivity index (χ1v) is 6.66. The predicted molar refractivity (Wildman–Crippen MR) is 72.8 cm³/mol. The van der Waals surface area contributed by atoms with Gasteiger partial charge in [0.2, 0.25) is 5.91 Å². The largest absolute Gasteiger partial charge is 0.325 e. The molecule has 4 nitrogen and oxygen atoms in total. The second-order valence-electron chi connectivity index (χ2n) is 4.71. The molecule has 0 saturated carbocycles. The Balaban J connectivity index is 1.82. The van der Waals surface area contributed by atoms with Gasteiger partial charge in [0.05, 0.1) is 11.4 Å². The molecule has 5 heteroatoms. The standard InChI is InChI=1S/C13H18ClN3O/c1-9-11(3-4-12(14)16-9)17-13(18)5-2-10-6-7-15-8-10/h3-4,10,15H,2,5-8H2,1H3,(H,17,18). The van der Waals surface area contributed by atoms with Crippen LogP contribution in [-0.4, -0.2) is 24.0 Å². The van der Waals surface area contributed by atoms with Crippen LogP contribution in [0, 0.1) is 12.8 Å². The van der Waals surface area contributed by atoms with Gasteiger partial charge < -0.3 is 10.6 Å². The summed E-state index contributed by atoms with van der Waals surface area (Å²) >= 11 is 5.77. The third-order valence-corrected chi connectivity index (χ3v) is 3.48. The second-order valence-corrected chi connectivity index (χ2v) is 5.10. The van der Waals surface area contributed by atoms with E-state index in [1.807, 2.05) is 6.92 Å². The zero-order chi connectivity index (χ0) is 13.0. The third-order valence-electron chi connectivity index (χ3n) is 3.27. The van der Waals surface area contributed by atoms with Gasteiger partial charge in [-0.25, -0.2) is 4.98 Å². The van der Waals surface area contributed by atoms with Crippen LogP contribution in [0.3, 0.4) is 0 Å². The quantitative estimate of drug-likeness (QED) is 0.824. The van der Waals surface area contributed by atoms with Crippen molar-refractivity contribution in [2.45, 2.75) is 26.2 Å². The average Bonchev–Trinajstić information content (AvgIpc) is 2.83. The highest BCUT2D eigenvalue weighted by atomic mass is 35.5. The van der Waals surface area contributed by atoms with Crippen molar-refractivity contribution in [2.24, 2.45) is 5.92 Å². The van der Waals surface area contributed by atoms with E-state index in [9.17, 15) is 4.79 Å². The fourth-order valence-electron chi connectivity index (χ4n) is 2.17. The first kappa shape index (κ1) is 13.3. The summed E-state index contributed by atoms with van der Waals surface area (Å²) in [6, 6.07) is 3.48. The van der Waals surface area contributed by atoms with E-state index in [1.54, 1.807) is 12.1 Å². The SMILES string of the molecule is Cc1nc(Cl)ccc1NC(=O)CCC1CCNC1. The van der Waals surface area contributed by atoms with Crippen molar-refractivity contribution in [3.05, 3.63) is 23.0 Å². The zero-order valence-corrected chi connectivity index (χ0v) is 11.3. The molecule has 18 heavy (non-hydrogen) atoms. The molecule has 0 spiro atoms. The Kier molecular flexibility index (Phi) is 4.55. The van der Waals surface area contributed by atoms with Crippen molar-refractivity contribution >= 4 is 23.2 Å². The van der Waals surface area contributed by atoms with Crippen LogP contribution < -0.4 is 10.6 Å². The first-order chi connectivity index (χ1) is 8.65. The Morgan fingerprint density at radius 2 is 2.44 bits per heavy atom. The number of nitrogens with zero attached hydrogens (tertiary/aromatic N) is 1. The smallest absolute Gasteiger partial charge is 0.224 e. The number of pyridine rings is 1. The Labute approximate surface area is 112 Å². The van der Waals surface area contributed by atoms with E-state index in [0.29, 0.717) is 17.5 Å². The van der Waals surface area contributed by atoms with E-state index in [4.69, 9.17) is 11.6 Å². The maximum absolute atomic E-state index is 11.8. The normalized spacial score (nSPS) is 18.9. The van der Waals surface area contributed by atoms with Gasteiger partial charge in [0.15, 0.2) is 0 Å². The number of aromatic nitrogens is 1. The topological polar surface area (TPSA) is 54.0 Å². The molecule has 0 radical (unpaired) electrons. The lowest BCUT2D eigenvalue weighted by Gasteiger charge is -2.10. The highest BCUT2D eigenvalue weighted by Gasteiger charge is 2.16. The van der Waals surface area contributed by atoms with Crippen LogP contribution in [0.5, 0.6) is 0 Å². The Morgan fingerprint density at radius 3 is 3.11 bits per heavy atom. The van der Waals surface area contributed by atoms with Gasteiger partial charge in [0.1, 0.15) is 5.15 Å². The molecule has 0 aliphatic carbocycles. The fraction of sp³-hybridized carbons (Fsp3) is 0.538. The molecule has 2 rings (SSSR count). The van der Waals surface area contributed by atoms with Gasteiger partial charge in [-0.05, 0) is 50.9 Å². The number of hydrogen-bond donors (Lipinski definition) is 2. The monoisotopic (exact) mass is 267 g/mol. The number of hydrogen-bond acceptors (Lipinski definition) is 3. The number of aryl methyl sites for hydroxylation is 1. The van der Waals surface area contributed by atoms with Gasteiger partial charge in [0, 0.05) is 6.42 Å². The Morgan fingerprint density at radius 1 is 1.61 bits per heavy atom. The average molecular weight is 268 g/mol. The van der Waals surface area contributed by atoms with Crippen LogP contribution >= 0.6 is 11.6 Å². The Hall–Kier alpha value is -1.13. The maximum atomic E-state index is 11.8. The number of anilines is 1. The van der Waals surface area contributed by atoms with Crippen molar-refractivity contribution in [3.63, 3.8) is 0 Å². The van der Waals surface area contributed by atoms with Gasteiger partial charge in [-0.1, -0.05) is 11.6 Å². The maximum Gasteiger partial charge on any atom is 0.224 e. The number of nitrogens with one attached hydrogen (secondary N) is 2. The minimum Gasteiger partial charge on any atom is -0.325 e. The van der Waals surface area contributed by atoms with Gasteiger partial charge in [0.25, 0.3) is 0 Å². The second kappa shape index (κ2) is 6.16. The van der Waals surface area contributed by atoms with Crippen molar-refractivity contribution < 1.29 is 4.79 Å². The van der Waals surface area contributed by atoms with E-state index in [1.165, 1.54) is 6.42 Å². The molecule has 1 aliphatic heterocycles. The summed E-state index contributed by atoms with van der Waals surface area (Å²) in [6.07, 6.45) is 2.68. The molecule has 1 aliphatic rings. The third kappa shape index (κ3) is 3.68. The number of amides is 1. The molecule has 0 bridgehead atoms. The van der Waals surface area contributed by atoms with Gasteiger partial charge in [-0.15, -0.1) is 0 Å². The van der Waals surface area contributed by atoms with E-state index >= 15 is 0 Å². The van der Waals surface area contributed by atoms with E-state index in [-0.39, 0.29) is 5.91 Å². The van der Waals surface area contributed by atoms with Gasteiger partial charge in [-0.3, -0.25) is 4.79 Å². The van der Waals surface area contributed by atoms with Crippen molar-refractivity contribution in [1.29, 1.82) is 0 Å². The molecule has 2 N–H and O–H groups in total. The van der Waals surface area contributed by atoms with Crippen LogP contribution in [0.2, 0.25) is 5.15 Å². The molecule has 2 heterocycles. The number of halogens is 1. The lowest BCUT2D eigenvalue weighted by atomic mass is 10.0. The van der Waals surface area contributed by atoms with Gasteiger partial charge >= 0.3 is 0 Å². The molecular weight excluding hydrogens is 250 g/mol. The Bertz CT molecular complexity index is 430. The summed E-state index contributed by atoms with van der Waals surface area (Å²) < 4.78 is 0. The minimum atomic E-state index is 0.0501. The summed E-state index contributed by atoms with van der Waals surface area (Å²) in [5, 5.41) is 6.63. The molecular formula is C13H18ClN3O. The summed E-state index contributed by atoms with van der Waals surface area (Å²) in [7, 11) is 0. The molecule has 1 amide bonds. The van der Waals surface area contributed by atoms with Crippen molar-refractivity contribution in [2.75, 3.05) is 18.4 Å².